The molecule has 104 valence electrons. The first-order valence-electron chi connectivity index (χ1n) is 7.95. The third kappa shape index (κ3) is 1.85. The Bertz CT molecular complexity index is 439. The van der Waals surface area contributed by atoms with Gasteiger partial charge in [-0.1, -0.05) is 0 Å². The molecule has 0 aromatic carbocycles. The smallest absolute Gasteiger partial charge is 0.0853 e. The molecule has 0 amide bonds. The maximum Gasteiger partial charge on any atom is 0.0853 e. The fraction of sp³-hybridized carbons (Fsp3) is 0.812. The van der Waals surface area contributed by atoms with Crippen LogP contribution in [0.1, 0.15) is 50.7 Å². The lowest BCUT2D eigenvalue weighted by molar-refractivity contribution is -0.0908. The SMILES string of the molecule is CCn1cc(C(O)C2C3CC4CC(C3)CC2C4)cn1. The third-order valence-electron chi connectivity index (χ3n) is 5.98. The molecular weight excluding hydrogens is 236 g/mol. The highest BCUT2D eigenvalue weighted by Gasteiger charge is 2.50. The number of aromatic nitrogens is 2. The number of rotatable bonds is 3. The van der Waals surface area contributed by atoms with Crippen LogP contribution < -0.4 is 0 Å². The number of nitrogens with zero attached hydrogens (tertiary/aromatic N) is 2. The van der Waals surface area contributed by atoms with E-state index in [1.165, 1.54) is 32.1 Å². The van der Waals surface area contributed by atoms with E-state index in [4.69, 9.17) is 0 Å². The van der Waals surface area contributed by atoms with E-state index in [1.807, 2.05) is 17.1 Å². The van der Waals surface area contributed by atoms with Gasteiger partial charge in [0.1, 0.15) is 0 Å². The van der Waals surface area contributed by atoms with Gasteiger partial charge in [-0.2, -0.15) is 5.10 Å². The van der Waals surface area contributed by atoms with Gasteiger partial charge >= 0.3 is 0 Å². The highest BCUT2D eigenvalue weighted by molar-refractivity contribution is 5.13. The number of hydrogen-bond donors (Lipinski definition) is 1. The molecule has 4 aliphatic carbocycles. The van der Waals surface area contributed by atoms with E-state index >= 15 is 0 Å². The summed E-state index contributed by atoms with van der Waals surface area (Å²) in [5, 5.41) is 15.1. The Hall–Kier alpha value is -0.830. The summed E-state index contributed by atoms with van der Waals surface area (Å²) in [6.07, 6.45) is 10.6. The molecular formula is C16H24N2O. The Kier molecular flexibility index (Phi) is 2.73. The monoisotopic (exact) mass is 260 g/mol. The summed E-state index contributed by atoms with van der Waals surface area (Å²) in [7, 11) is 0. The lowest BCUT2D eigenvalue weighted by Crippen LogP contribution is -2.47. The van der Waals surface area contributed by atoms with Crippen molar-refractivity contribution in [3.8, 4) is 0 Å². The molecule has 1 atom stereocenters. The van der Waals surface area contributed by atoms with Crippen molar-refractivity contribution in [2.45, 2.75) is 51.7 Å². The maximum absolute atomic E-state index is 10.8. The Balaban J connectivity index is 1.58. The Morgan fingerprint density at radius 3 is 2.37 bits per heavy atom. The Morgan fingerprint density at radius 1 is 1.21 bits per heavy atom. The van der Waals surface area contributed by atoms with Gasteiger partial charge in [-0.25, -0.2) is 0 Å². The first-order chi connectivity index (χ1) is 9.24. The first-order valence-corrected chi connectivity index (χ1v) is 7.95. The second-order valence-corrected chi connectivity index (χ2v) is 7.08. The van der Waals surface area contributed by atoms with Gasteiger partial charge in [-0.15, -0.1) is 0 Å². The van der Waals surface area contributed by atoms with Crippen molar-refractivity contribution in [1.82, 2.24) is 9.78 Å². The first kappa shape index (κ1) is 12.0. The molecule has 1 aromatic rings. The number of aliphatic hydroxyl groups is 1. The summed E-state index contributed by atoms with van der Waals surface area (Å²) < 4.78 is 1.93. The van der Waals surface area contributed by atoms with Gasteiger partial charge in [0.25, 0.3) is 0 Å². The zero-order chi connectivity index (χ0) is 13.0. The molecule has 3 nitrogen and oxygen atoms in total. The summed E-state index contributed by atoms with van der Waals surface area (Å²) in [6.45, 7) is 2.97. The molecule has 0 radical (unpaired) electrons. The molecule has 0 saturated heterocycles. The summed E-state index contributed by atoms with van der Waals surface area (Å²) in [6, 6.07) is 0. The summed E-state index contributed by atoms with van der Waals surface area (Å²) in [5.41, 5.74) is 1.04. The van der Waals surface area contributed by atoms with Gasteiger partial charge in [-0.3, -0.25) is 4.68 Å². The number of aryl methyl sites for hydroxylation is 1. The van der Waals surface area contributed by atoms with Gasteiger partial charge in [0.15, 0.2) is 0 Å². The standard InChI is InChI=1S/C16H24N2O/c1-2-18-9-14(8-17-18)16(19)15-12-4-10-3-11(6-12)7-13(15)5-10/h8-13,15-16,19H,2-7H2,1H3. The van der Waals surface area contributed by atoms with Crippen LogP contribution in [-0.2, 0) is 6.54 Å². The lowest BCUT2D eigenvalue weighted by atomic mass is 9.50. The molecule has 5 rings (SSSR count). The molecule has 1 heterocycles. The fourth-order valence-corrected chi connectivity index (χ4v) is 5.41. The van der Waals surface area contributed by atoms with Crippen molar-refractivity contribution in [3.63, 3.8) is 0 Å². The molecule has 4 saturated carbocycles. The third-order valence-corrected chi connectivity index (χ3v) is 5.98. The van der Waals surface area contributed by atoms with Crippen LogP contribution in [0.2, 0.25) is 0 Å². The predicted octanol–water partition coefficient (Wildman–Crippen LogP) is 3.01. The van der Waals surface area contributed by atoms with Gasteiger partial charge in [0.2, 0.25) is 0 Å². The normalized spacial score (nSPS) is 41.7. The molecule has 19 heavy (non-hydrogen) atoms. The van der Waals surface area contributed by atoms with Crippen LogP contribution in [0.15, 0.2) is 12.4 Å². The van der Waals surface area contributed by atoms with E-state index in [0.717, 1.165) is 35.8 Å². The van der Waals surface area contributed by atoms with E-state index in [2.05, 4.69) is 12.0 Å². The molecule has 4 fully saturated rings. The van der Waals surface area contributed by atoms with Crippen molar-refractivity contribution < 1.29 is 5.11 Å². The van der Waals surface area contributed by atoms with Crippen LogP contribution >= 0.6 is 0 Å². The fourth-order valence-electron chi connectivity index (χ4n) is 5.41. The largest absolute Gasteiger partial charge is 0.388 e. The van der Waals surface area contributed by atoms with Gasteiger partial charge < -0.3 is 5.11 Å². The maximum atomic E-state index is 10.8. The van der Waals surface area contributed by atoms with Crippen LogP contribution in [-0.4, -0.2) is 14.9 Å². The highest BCUT2D eigenvalue weighted by Crippen LogP contribution is 2.59. The number of aliphatic hydroxyl groups excluding tert-OH is 1. The van der Waals surface area contributed by atoms with Crippen molar-refractivity contribution in [2.75, 3.05) is 0 Å². The van der Waals surface area contributed by atoms with Crippen LogP contribution in [0.5, 0.6) is 0 Å². The summed E-state index contributed by atoms with van der Waals surface area (Å²) in [4.78, 5) is 0. The van der Waals surface area contributed by atoms with Crippen LogP contribution in [0.25, 0.3) is 0 Å². The second-order valence-electron chi connectivity index (χ2n) is 7.08. The molecule has 3 heteroatoms. The van der Waals surface area contributed by atoms with Gasteiger partial charge in [0, 0.05) is 18.3 Å². The average molecular weight is 260 g/mol. The topological polar surface area (TPSA) is 38.0 Å². The van der Waals surface area contributed by atoms with E-state index in [9.17, 15) is 5.11 Å². The van der Waals surface area contributed by atoms with Crippen molar-refractivity contribution in [1.29, 1.82) is 0 Å². The molecule has 1 aromatic heterocycles. The lowest BCUT2D eigenvalue weighted by Gasteiger charge is -2.55. The minimum atomic E-state index is -0.282. The average Bonchev–Trinajstić information content (AvgIpc) is 2.86. The minimum Gasteiger partial charge on any atom is -0.388 e. The van der Waals surface area contributed by atoms with E-state index in [-0.39, 0.29) is 6.10 Å². The predicted molar refractivity (Wildman–Crippen MR) is 73.4 cm³/mol. The van der Waals surface area contributed by atoms with Gasteiger partial charge in [0.05, 0.1) is 12.3 Å². The van der Waals surface area contributed by atoms with Crippen LogP contribution in [0.3, 0.4) is 0 Å². The number of hydrogen-bond acceptors (Lipinski definition) is 2. The summed E-state index contributed by atoms with van der Waals surface area (Å²) >= 11 is 0. The molecule has 1 unspecified atom stereocenters. The zero-order valence-corrected chi connectivity index (χ0v) is 11.7. The van der Waals surface area contributed by atoms with Crippen LogP contribution in [0.4, 0.5) is 0 Å². The van der Waals surface area contributed by atoms with Crippen molar-refractivity contribution in [3.05, 3.63) is 18.0 Å². The quantitative estimate of drug-likeness (QED) is 0.907. The zero-order valence-electron chi connectivity index (χ0n) is 11.7. The van der Waals surface area contributed by atoms with E-state index < -0.39 is 0 Å². The molecule has 0 aliphatic heterocycles. The molecule has 4 aliphatic rings. The Morgan fingerprint density at radius 2 is 1.84 bits per heavy atom. The molecule has 4 bridgehead atoms. The minimum absolute atomic E-state index is 0.282. The highest BCUT2D eigenvalue weighted by atomic mass is 16.3. The molecule has 1 N–H and O–H groups in total. The second kappa shape index (κ2) is 4.34. The van der Waals surface area contributed by atoms with Crippen LogP contribution in [0, 0.1) is 29.6 Å². The van der Waals surface area contributed by atoms with Crippen molar-refractivity contribution >= 4 is 0 Å². The van der Waals surface area contributed by atoms with Crippen molar-refractivity contribution in [2.24, 2.45) is 29.6 Å². The summed E-state index contributed by atoms with van der Waals surface area (Å²) in [5.74, 6) is 4.00. The van der Waals surface area contributed by atoms with Gasteiger partial charge in [-0.05, 0) is 68.6 Å². The van der Waals surface area contributed by atoms with E-state index in [0.29, 0.717) is 5.92 Å². The van der Waals surface area contributed by atoms with E-state index in [1.54, 1.807) is 0 Å². The molecule has 0 spiro atoms. The Labute approximate surface area is 115 Å².